The summed E-state index contributed by atoms with van der Waals surface area (Å²) in [6.45, 7) is 3.65. The van der Waals surface area contributed by atoms with Gasteiger partial charge in [0, 0.05) is 43.4 Å². The Morgan fingerprint density at radius 1 is 1.12 bits per heavy atom. The standard InChI is InChI=1S/C22H22ClN5O3S/c23-15-3-5-16(6-4-15)28-8-7-17(22(28)30)21(29)27-11-9-26(10-12-27)14-19-24-20(25-31-19)18-2-1-13-32-18/h1-6,13,17H,7-12,14H2. The van der Waals surface area contributed by atoms with E-state index in [0.29, 0.717) is 62.4 Å². The summed E-state index contributed by atoms with van der Waals surface area (Å²) in [6.07, 6.45) is 0.536. The van der Waals surface area contributed by atoms with Crippen molar-refractivity contribution in [3.8, 4) is 10.7 Å². The molecule has 2 aliphatic rings. The smallest absolute Gasteiger partial charge is 0.241 e. The highest BCUT2D eigenvalue weighted by Gasteiger charge is 2.40. The maximum absolute atomic E-state index is 13.0. The van der Waals surface area contributed by atoms with Gasteiger partial charge in [0.05, 0.1) is 11.4 Å². The third-order valence-electron chi connectivity index (χ3n) is 5.89. The Labute approximate surface area is 194 Å². The number of hydrogen-bond donors (Lipinski definition) is 0. The zero-order valence-electron chi connectivity index (χ0n) is 17.3. The first kappa shape index (κ1) is 21.1. The molecule has 2 aromatic heterocycles. The second-order valence-corrected chi connectivity index (χ2v) is 9.28. The molecule has 2 saturated heterocycles. The van der Waals surface area contributed by atoms with E-state index in [4.69, 9.17) is 16.1 Å². The average molecular weight is 472 g/mol. The van der Waals surface area contributed by atoms with Crippen LogP contribution in [0.4, 0.5) is 5.69 Å². The van der Waals surface area contributed by atoms with Crippen LogP contribution in [-0.4, -0.2) is 64.5 Å². The quantitative estimate of drug-likeness (QED) is 0.531. The lowest BCUT2D eigenvalue weighted by atomic mass is 10.1. The lowest BCUT2D eigenvalue weighted by Gasteiger charge is -2.35. The average Bonchev–Trinajstić information content (AvgIpc) is 3.56. The zero-order valence-corrected chi connectivity index (χ0v) is 18.9. The highest BCUT2D eigenvalue weighted by molar-refractivity contribution is 7.13. The molecular formula is C22H22ClN5O3S. The maximum atomic E-state index is 13.0. The van der Waals surface area contributed by atoms with Crippen molar-refractivity contribution >= 4 is 40.4 Å². The third-order valence-corrected chi connectivity index (χ3v) is 7.01. The summed E-state index contributed by atoms with van der Waals surface area (Å²) in [7, 11) is 0. The highest BCUT2D eigenvalue weighted by Crippen LogP contribution is 2.28. The van der Waals surface area contributed by atoms with Crippen LogP contribution in [0.5, 0.6) is 0 Å². The Morgan fingerprint density at radius 2 is 1.91 bits per heavy atom. The SMILES string of the molecule is O=C(C1CCN(c2ccc(Cl)cc2)C1=O)N1CCN(Cc2nc(-c3cccs3)no2)CC1. The van der Waals surface area contributed by atoms with Crippen LogP contribution in [0.2, 0.25) is 5.02 Å². The summed E-state index contributed by atoms with van der Waals surface area (Å²) >= 11 is 7.51. The molecule has 1 atom stereocenters. The number of halogens is 1. The van der Waals surface area contributed by atoms with E-state index in [1.807, 2.05) is 29.6 Å². The van der Waals surface area contributed by atoms with Crippen molar-refractivity contribution in [2.24, 2.45) is 5.92 Å². The lowest BCUT2D eigenvalue weighted by Crippen LogP contribution is -2.51. The first-order chi connectivity index (χ1) is 15.6. The predicted molar refractivity (Wildman–Crippen MR) is 121 cm³/mol. The third kappa shape index (κ3) is 4.28. The molecule has 0 spiro atoms. The highest BCUT2D eigenvalue weighted by atomic mass is 35.5. The van der Waals surface area contributed by atoms with E-state index in [2.05, 4.69) is 15.0 Å². The van der Waals surface area contributed by atoms with E-state index in [1.165, 1.54) is 0 Å². The number of rotatable bonds is 5. The van der Waals surface area contributed by atoms with Crippen molar-refractivity contribution in [1.29, 1.82) is 0 Å². The summed E-state index contributed by atoms with van der Waals surface area (Å²) in [4.78, 5) is 37.0. The van der Waals surface area contributed by atoms with Gasteiger partial charge in [-0.1, -0.05) is 22.8 Å². The van der Waals surface area contributed by atoms with Crippen LogP contribution in [0.1, 0.15) is 12.3 Å². The summed E-state index contributed by atoms with van der Waals surface area (Å²) in [5, 5.41) is 6.65. The molecule has 0 saturated carbocycles. The van der Waals surface area contributed by atoms with Gasteiger partial charge in [0.1, 0.15) is 5.92 Å². The number of hydrogen-bond acceptors (Lipinski definition) is 7. The van der Waals surface area contributed by atoms with Crippen molar-refractivity contribution in [3.05, 3.63) is 52.7 Å². The first-order valence-electron chi connectivity index (χ1n) is 10.5. The lowest BCUT2D eigenvalue weighted by molar-refractivity contribution is -0.141. The van der Waals surface area contributed by atoms with Crippen molar-refractivity contribution in [2.75, 3.05) is 37.6 Å². The van der Waals surface area contributed by atoms with Gasteiger partial charge in [0.25, 0.3) is 0 Å². The minimum Gasteiger partial charge on any atom is -0.339 e. The van der Waals surface area contributed by atoms with Gasteiger partial charge >= 0.3 is 0 Å². The number of nitrogens with zero attached hydrogens (tertiary/aromatic N) is 5. The molecule has 8 nitrogen and oxygen atoms in total. The molecule has 1 aromatic carbocycles. The minimum atomic E-state index is -0.610. The number of piperazine rings is 1. The zero-order chi connectivity index (χ0) is 22.1. The number of benzene rings is 1. The van der Waals surface area contributed by atoms with Gasteiger partial charge in [-0.25, -0.2) is 0 Å². The van der Waals surface area contributed by atoms with Crippen molar-refractivity contribution in [3.63, 3.8) is 0 Å². The van der Waals surface area contributed by atoms with E-state index < -0.39 is 5.92 Å². The molecule has 0 aliphatic carbocycles. The van der Waals surface area contributed by atoms with E-state index in [9.17, 15) is 9.59 Å². The summed E-state index contributed by atoms with van der Waals surface area (Å²) in [5.41, 5.74) is 0.779. The van der Waals surface area contributed by atoms with Crippen LogP contribution < -0.4 is 4.90 Å². The van der Waals surface area contributed by atoms with Crippen molar-refractivity contribution in [2.45, 2.75) is 13.0 Å². The number of anilines is 1. The Balaban J connectivity index is 1.15. The van der Waals surface area contributed by atoms with Gasteiger partial charge in [0.15, 0.2) is 0 Å². The van der Waals surface area contributed by atoms with Gasteiger partial charge in [-0.15, -0.1) is 11.3 Å². The maximum Gasteiger partial charge on any atom is 0.241 e. The van der Waals surface area contributed by atoms with E-state index >= 15 is 0 Å². The van der Waals surface area contributed by atoms with Crippen molar-refractivity contribution < 1.29 is 14.1 Å². The molecule has 3 aromatic rings. The Hall–Kier alpha value is -2.75. The minimum absolute atomic E-state index is 0.0797. The van der Waals surface area contributed by atoms with Crippen LogP contribution >= 0.6 is 22.9 Å². The molecule has 2 fully saturated rings. The van der Waals surface area contributed by atoms with Crippen LogP contribution in [0.15, 0.2) is 46.3 Å². The number of aromatic nitrogens is 2. The topological polar surface area (TPSA) is 82.8 Å². The van der Waals surface area contributed by atoms with Crippen LogP contribution in [0.25, 0.3) is 10.7 Å². The van der Waals surface area contributed by atoms with Crippen LogP contribution in [-0.2, 0) is 16.1 Å². The molecule has 10 heteroatoms. The molecule has 2 aliphatic heterocycles. The van der Waals surface area contributed by atoms with Crippen LogP contribution in [0, 0.1) is 5.92 Å². The van der Waals surface area contributed by atoms with Gasteiger partial charge in [-0.05, 0) is 42.1 Å². The molecule has 0 N–H and O–H groups in total. The molecule has 0 radical (unpaired) electrons. The second-order valence-electron chi connectivity index (χ2n) is 7.90. The Morgan fingerprint density at radius 3 is 2.62 bits per heavy atom. The second kappa shape index (κ2) is 9.01. The first-order valence-corrected chi connectivity index (χ1v) is 11.8. The van der Waals surface area contributed by atoms with E-state index in [-0.39, 0.29) is 11.8 Å². The fourth-order valence-electron chi connectivity index (χ4n) is 4.15. The van der Waals surface area contributed by atoms with Crippen LogP contribution in [0.3, 0.4) is 0 Å². The number of carbonyl (C=O) groups excluding carboxylic acids is 2. The van der Waals surface area contributed by atoms with Gasteiger partial charge in [0.2, 0.25) is 23.5 Å². The van der Waals surface area contributed by atoms with Gasteiger partial charge in [-0.2, -0.15) is 4.98 Å². The molecule has 0 bridgehead atoms. The van der Waals surface area contributed by atoms with Gasteiger partial charge < -0.3 is 14.3 Å². The Kier molecular flexibility index (Phi) is 5.95. The monoisotopic (exact) mass is 471 g/mol. The fraction of sp³-hybridized carbons (Fsp3) is 0.364. The molecular weight excluding hydrogens is 450 g/mol. The molecule has 5 rings (SSSR count). The Bertz CT molecular complexity index is 1090. The summed E-state index contributed by atoms with van der Waals surface area (Å²) < 4.78 is 5.39. The summed E-state index contributed by atoms with van der Waals surface area (Å²) in [6, 6.07) is 11.1. The molecule has 166 valence electrons. The molecule has 1 unspecified atom stereocenters. The number of amides is 2. The molecule has 32 heavy (non-hydrogen) atoms. The predicted octanol–water partition coefficient (Wildman–Crippen LogP) is 3.15. The largest absolute Gasteiger partial charge is 0.339 e. The van der Waals surface area contributed by atoms with Crippen molar-refractivity contribution in [1.82, 2.24) is 19.9 Å². The fourth-order valence-corrected chi connectivity index (χ4v) is 4.92. The van der Waals surface area contributed by atoms with E-state index in [0.717, 1.165) is 10.6 Å². The van der Waals surface area contributed by atoms with Gasteiger partial charge in [-0.3, -0.25) is 14.5 Å². The normalized spacial score (nSPS) is 19.7. The molecule has 4 heterocycles. The number of carbonyl (C=O) groups is 2. The summed E-state index contributed by atoms with van der Waals surface area (Å²) in [5.74, 6) is 0.351. The number of thiophene rings is 1. The van der Waals surface area contributed by atoms with E-state index in [1.54, 1.807) is 33.3 Å². The molecule has 2 amide bonds.